The van der Waals surface area contributed by atoms with Crippen molar-refractivity contribution in [2.24, 2.45) is 0 Å². The second-order valence-corrected chi connectivity index (χ2v) is 3.88. The van der Waals surface area contributed by atoms with Crippen molar-refractivity contribution >= 4 is 11.9 Å². The molecule has 0 saturated carbocycles. The van der Waals surface area contributed by atoms with Crippen LogP contribution in [0.1, 0.15) is 32.1 Å². The fourth-order valence-electron chi connectivity index (χ4n) is 1.46. The zero-order valence-corrected chi connectivity index (χ0v) is 10.7. The van der Waals surface area contributed by atoms with Crippen LogP contribution in [0, 0.1) is 11.3 Å². The van der Waals surface area contributed by atoms with Gasteiger partial charge in [0.25, 0.3) is 0 Å². The number of unbranched alkanes of at least 4 members (excludes halogenated alkanes) is 1. The molecular weight excluding hydrogens is 236 g/mol. The first-order chi connectivity index (χ1) is 8.61. The van der Waals surface area contributed by atoms with E-state index in [-0.39, 0.29) is 12.3 Å². The average molecular weight is 256 g/mol. The van der Waals surface area contributed by atoms with Crippen LogP contribution in [0.3, 0.4) is 0 Å². The molecule has 0 rings (SSSR count). The highest BCUT2D eigenvalue weighted by Gasteiger charge is 2.12. The van der Waals surface area contributed by atoms with Crippen molar-refractivity contribution in [3.05, 3.63) is 0 Å². The van der Waals surface area contributed by atoms with E-state index in [2.05, 4.69) is 0 Å². The quantitative estimate of drug-likeness (QED) is 0.589. The second-order valence-electron chi connectivity index (χ2n) is 3.88. The van der Waals surface area contributed by atoms with Gasteiger partial charge in [-0.1, -0.05) is 0 Å². The molecular formula is C12H20N2O4. The lowest BCUT2D eigenvalue weighted by atomic mass is 10.2. The lowest BCUT2D eigenvalue weighted by Crippen LogP contribution is -2.34. The van der Waals surface area contributed by atoms with Crippen LogP contribution in [0.2, 0.25) is 0 Å². The molecule has 0 aromatic heterocycles. The van der Waals surface area contributed by atoms with Crippen LogP contribution >= 0.6 is 0 Å². The van der Waals surface area contributed by atoms with Crippen molar-refractivity contribution < 1.29 is 19.4 Å². The summed E-state index contributed by atoms with van der Waals surface area (Å²) in [5.74, 6) is -0.893. The lowest BCUT2D eigenvalue weighted by molar-refractivity contribution is -0.137. The Labute approximate surface area is 107 Å². The second kappa shape index (κ2) is 10.5. The number of hydrogen-bond donors (Lipinski definition) is 1. The van der Waals surface area contributed by atoms with Crippen molar-refractivity contribution in [3.8, 4) is 6.07 Å². The van der Waals surface area contributed by atoms with E-state index in [1.54, 1.807) is 12.0 Å². The molecule has 6 nitrogen and oxygen atoms in total. The molecule has 0 radical (unpaired) electrons. The summed E-state index contributed by atoms with van der Waals surface area (Å²) in [7, 11) is 1.56. The van der Waals surface area contributed by atoms with Crippen LogP contribution in [0.5, 0.6) is 0 Å². The molecule has 0 aromatic rings. The number of carboxylic acid groups (broad SMARTS) is 1. The molecule has 0 heterocycles. The summed E-state index contributed by atoms with van der Waals surface area (Å²) in [4.78, 5) is 23.7. The van der Waals surface area contributed by atoms with Gasteiger partial charge in [0.1, 0.15) is 0 Å². The van der Waals surface area contributed by atoms with Gasteiger partial charge in [0.2, 0.25) is 5.91 Å². The molecule has 6 heteroatoms. The van der Waals surface area contributed by atoms with Gasteiger partial charge in [0, 0.05) is 33.0 Å². The number of nitrogens with zero attached hydrogens (tertiary/aromatic N) is 2. The summed E-state index contributed by atoms with van der Waals surface area (Å²) in [6, 6.07) is 2.00. The summed E-state index contributed by atoms with van der Waals surface area (Å²) in [6.45, 7) is 1.31. The van der Waals surface area contributed by atoms with Crippen molar-refractivity contribution in [3.63, 3.8) is 0 Å². The summed E-state index contributed by atoms with van der Waals surface area (Å²) < 4.78 is 4.91. The summed E-state index contributed by atoms with van der Waals surface area (Å²) in [5.41, 5.74) is 0. The van der Waals surface area contributed by atoms with E-state index in [9.17, 15) is 9.59 Å². The maximum atomic E-state index is 11.8. The van der Waals surface area contributed by atoms with E-state index >= 15 is 0 Å². The highest BCUT2D eigenvalue weighted by molar-refractivity contribution is 5.76. The molecule has 18 heavy (non-hydrogen) atoms. The highest BCUT2D eigenvalue weighted by Crippen LogP contribution is 2.04. The van der Waals surface area contributed by atoms with Crippen LogP contribution in [0.15, 0.2) is 0 Å². The largest absolute Gasteiger partial charge is 0.481 e. The maximum absolute atomic E-state index is 11.8. The first-order valence-corrected chi connectivity index (χ1v) is 5.97. The molecule has 1 N–H and O–H groups in total. The monoisotopic (exact) mass is 256 g/mol. The van der Waals surface area contributed by atoms with Crippen LogP contribution < -0.4 is 0 Å². The Hall–Kier alpha value is -1.61. The number of nitriles is 1. The van der Waals surface area contributed by atoms with E-state index in [1.807, 2.05) is 6.07 Å². The fraction of sp³-hybridized carbons (Fsp3) is 0.750. The lowest BCUT2D eigenvalue weighted by Gasteiger charge is -2.21. The third-order valence-corrected chi connectivity index (χ3v) is 2.44. The van der Waals surface area contributed by atoms with Crippen LogP contribution in [0.25, 0.3) is 0 Å². The van der Waals surface area contributed by atoms with E-state index in [4.69, 9.17) is 15.1 Å². The summed E-state index contributed by atoms with van der Waals surface area (Å²) in [6.07, 6.45) is 1.76. The Morgan fingerprint density at radius 3 is 2.50 bits per heavy atom. The fourth-order valence-corrected chi connectivity index (χ4v) is 1.46. The van der Waals surface area contributed by atoms with Crippen LogP contribution in [0.4, 0.5) is 0 Å². The van der Waals surface area contributed by atoms with Gasteiger partial charge in [-0.2, -0.15) is 5.26 Å². The van der Waals surface area contributed by atoms with Gasteiger partial charge < -0.3 is 14.7 Å². The minimum absolute atomic E-state index is 0.0484. The Kier molecular flexibility index (Phi) is 9.60. The van der Waals surface area contributed by atoms with Gasteiger partial charge >= 0.3 is 5.97 Å². The predicted octanol–water partition coefficient (Wildman–Crippen LogP) is 1.02. The van der Waals surface area contributed by atoms with Crippen molar-refractivity contribution in [2.45, 2.75) is 32.1 Å². The van der Waals surface area contributed by atoms with Gasteiger partial charge in [-0.25, -0.2) is 0 Å². The van der Waals surface area contributed by atoms with Gasteiger partial charge in [0.15, 0.2) is 0 Å². The molecule has 0 aliphatic heterocycles. The number of methoxy groups -OCH3 is 1. The normalized spacial score (nSPS) is 9.78. The third-order valence-electron chi connectivity index (χ3n) is 2.44. The molecule has 0 fully saturated rings. The standard InChI is InChI=1S/C12H20N2O4/c1-18-10-9-14(8-4-7-13)11(15)5-2-3-6-12(16)17/h2-6,8-10H2,1H3,(H,16,17). The summed E-state index contributed by atoms with van der Waals surface area (Å²) in [5, 5.41) is 17.0. The smallest absolute Gasteiger partial charge is 0.303 e. The Morgan fingerprint density at radius 2 is 1.94 bits per heavy atom. The highest BCUT2D eigenvalue weighted by atomic mass is 16.5. The SMILES string of the molecule is COCCN(CCC#N)C(=O)CCCCC(=O)O. The van der Waals surface area contributed by atoms with Gasteiger partial charge in [-0.3, -0.25) is 9.59 Å². The molecule has 0 bridgehead atoms. The van der Waals surface area contributed by atoms with Gasteiger partial charge in [0.05, 0.1) is 19.1 Å². The zero-order valence-electron chi connectivity index (χ0n) is 10.7. The molecule has 0 saturated heterocycles. The molecule has 0 unspecified atom stereocenters. The number of ether oxygens (including phenoxy) is 1. The first-order valence-electron chi connectivity index (χ1n) is 5.97. The number of rotatable bonds is 10. The van der Waals surface area contributed by atoms with E-state index in [0.29, 0.717) is 45.4 Å². The number of hydrogen-bond acceptors (Lipinski definition) is 4. The molecule has 0 atom stereocenters. The van der Waals surface area contributed by atoms with Crippen molar-refractivity contribution in [1.29, 1.82) is 5.26 Å². The number of carboxylic acids is 1. The van der Waals surface area contributed by atoms with E-state index in [0.717, 1.165) is 0 Å². The van der Waals surface area contributed by atoms with Crippen molar-refractivity contribution in [2.75, 3.05) is 26.8 Å². The van der Waals surface area contributed by atoms with Crippen LogP contribution in [-0.2, 0) is 14.3 Å². The zero-order chi connectivity index (χ0) is 13.8. The average Bonchev–Trinajstić information content (AvgIpc) is 2.34. The molecule has 102 valence electrons. The molecule has 0 aromatic carbocycles. The van der Waals surface area contributed by atoms with E-state index < -0.39 is 5.97 Å². The Balaban J connectivity index is 3.96. The number of carbonyl (C=O) groups excluding carboxylic acids is 1. The molecule has 0 aliphatic rings. The molecule has 1 amide bonds. The minimum Gasteiger partial charge on any atom is -0.481 e. The number of amides is 1. The Morgan fingerprint density at radius 1 is 1.28 bits per heavy atom. The third kappa shape index (κ3) is 8.53. The minimum atomic E-state index is -0.844. The maximum Gasteiger partial charge on any atom is 0.303 e. The number of aliphatic carboxylic acids is 1. The number of carbonyl (C=O) groups is 2. The predicted molar refractivity (Wildman–Crippen MR) is 64.8 cm³/mol. The van der Waals surface area contributed by atoms with E-state index in [1.165, 1.54) is 0 Å². The van der Waals surface area contributed by atoms with Gasteiger partial charge in [-0.05, 0) is 12.8 Å². The first kappa shape index (κ1) is 16.4. The molecule has 0 aliphatic carbocycles. The van der Waals surface area contributed by atoms with Crippen molar-refractivity contribution in [1.82, 2.24) is 4.90 Å². The van der Waals surface area contributed by atoms with Crippen LogP contribution in [-0.4, -0.2) is 48.7 Å². The molecule has 0 spiro atoms. The Bertz CT molecular complexity index is 299. The van der Waals surface area contributed by atoms with Gasteiger partial charge in [-0.15, -0.1) is 0 Å². The summed E-state index contributed by atoms with van der Waals surface area (Å²) >= 11 is 0. The topological polar surface area (TPSA) is 90.6 Å².